The minimum atomic E-state index is 0.00557. The van der Waals surface area contributed by atoms with Crippen LogP contribution in [0.2, 0.25) is 0 Å². The first-order valence-electron chi connectivity index (χ1n) is 8.72. The molecule has 25 heavy (non-hydrogen) atoms. The van der Waals surface area contributed by atoms with Crippen molar-refractivity contribution < 1.29 is 4.79 Å². The molecule has 1 aromatic carbocycles. The van der Waals surface area contributed by atoms with Crippen LogP contribution in [0.5, 0.6) is 0 Å². The zero-order valence-electron chi connectivity index (χ0n) is 14.8. The number of aromatic nitrogens is 2. The molecule has 2 aromatic rings. The highest BCUT2D eigenvalue weighted by Crippen LogP contribution is 2.23. The van der Waals surface area contributed by atoms with Crippen LogP contribution >= 0.6 is 0 Å². The van der Waals surface area contributed by atoms with Crippen molar-refractivity contribution in [3.63, 3.8) is 0 Å². The first kappa shape index (κ1) is 17.4. The van der Waals surface area contributed by atoms with Crippen molar-refractivity contribution in [2.45, 2.75) is 25.3 Å². The van der Waals surface area contributed by atoms with Crippen molar-refractivity contribution in [2.24, 2.45) is 0 Å². The minimum Gasteiger partial charge on any atom is -0.357 e. The van der Waals surface area contributed by atoms with Crippen LogP contribution in [0, 0.1) is 0 Å². The zero-order chi connectivity index (χ0) is 17.6. The number of carbonyl (C=O) groups is 1. The topological polar surface area (TPSA) is 70.2 Å². The second kappa shape index (κ2) is 8.07. The highest BCUT2D eigenvalue weighted by molar-refractivity contribution is 5.94. The molecule has 0 aliphatic carbocycles. The minimum absolute atomic E-state index is 0.00557. The van der Waals surface area contributed by atoms with E-state index in [0.29, 0.717) is 24.0 Å². The number of hydrogen-bond acceptors (Lipinski definition) is 5. The molecule has 1 fully saturated rings. The Bertz CT molecular complexity index is 693. The predicted molar refractivity (Wildman–Crippen MR) is 98.7 cm³/mol. The molecule has 2 heterocycles. The van der Waals surface area contributed by atoms with Gasteiger partial charge in [0.25, 0.3) is 5.91 Å². The number of rotatable bonds is 5. The van der Waals surface area contributed by atoms with Gasteiger partial charge in [0.2, 0.25) is 5.95 Å². The van der Waals surface area contributed by atoms with Crippen molar-refractivity contribution >= 4 is 11.9 Å². The van der Waals surface area contributed by atoms with Gasteiger partial charge in [-0.15, -0.1) is 0 Å². The van der Waals surface area contributed by atoms with E-state index in [1.54, 1.807) is 31.4 Å². The third-order valence-electron chi connectivity index (χ3n) is 4.62. The Balaban J connectivity index is 1.62. The summed E-state index contributed by atoms with van der Waals surface area (Å²) < 4.78 is 0. The van der Waals surface area contributed by atoms with Gasteiger partial charge in [-0.25, -0.2) is 9.97 Å². The van der Waals surface area contributed by atoms with Gasteiger partial charge < -0.3 is 15.5 Å². The van der Waals surface area contributed by atoms with Gasteiger partial charge in [0.1, 0.15) is 0 Å². The second-order valence-electron chi connectivity index (χ2n) is 6.49. The molecule has 0 radical (unpaired) electrons. The molecule has 1 aliphatic heterocycles. The predicted octanol–water partition coefficient (Wildman–Crippen LogP) is 2.26. The molecule has 2 N–H and O–H groups in total. The lowest BCUT2D eigenvalue weighted by Gasteiger charge is -2.23. The molecule has 132 valence electrons. The second-order valence-corrected chi connectivity index (χ2v) is 6.49. The van der Waals surface area contributed by atoms with E-state index in [-0.39, 0.29) is 5.91 Å². The van der Waals surface area contributed by atoms with Crippen LogP contribution in [0.4, 0.5) is 5.95 Å². The number of anilines is 1. The Hall–Kier alpha value is -2.47. The Kier molecular flexibility index (Phi) is 5.60. The molecule has 6 nitrogen and oxygen atoms in total. The first-order chi connectivity index (χ1) is 12.2. The molecule has 6 heteroatoms. The summed E-state index contributed by atoms with van der Waals surface area (Å²) in [5.41, 5.74) is 2.92. The average molecular weight is 339 g/mol. The summed E-state index contributed by atoms with van der Waals surface area (Å²) in [4.78, 5) is 22.7. The number of carbonyl (C=O) groups excluding carboxylic acids is 1. The van der Waals surface area contributed by atoms with Gasteiger partial charge >= 0.3 is 0 Å². The van der Waals surface area contributed by atoms with Crippen molar-refractivity contribution in [3.8, 4) is 0 Å². The molecule has 1 unspecified atom stereocenters. The summed E-state index contributed by atoms with van der Waals surface area (Å²) in [6.07, 6.45) is 5.90. The lowest BCUT2D eigenvalue weighted by molar-refractivity contribution is 0.0785. The first-order valence-corrected chi connectivity index (χ1v) is 8.72. The van der Waals surface area contributed by atoms with Crippen molar-refractivity contribution in [2.75, 3.05) is 32.5 Å². The summed E-state index contributed by atoms with van der Waals surface area (Å²) in [6.45, 7) is 2.61. The maximum Gasteiger partial charge on any atom is 0.253 e. The van der Waals surface area contributed by atoms with E-state index in [0.717, 1.165) is 18.7 Å². The van der Waals surface area contributed by atoms with Gasteiger partial charge in [-0.3, -0.25) is 4.79 Å². The summed E-state index contributed by atoms with van der Waals surface area (Å²) in [5.74, 6) is 1.13. The fourth-order valence-corrected chi connectivity index (χ4v) is 3.17. The van der Waals surface area contributed by atoms with Gasteiger partial charge in [-0.05, 0) is 43.0 Å². The quantitative estimate of drug-likeness (QED) is 0.874. The van der Waals surface area contributed by atoms with E-state index in [4.69, 9.17) is 0 Å². The molecular weight excluding hydrogens is 314 g/mol. The summed E-state index contributed by atoms with van der Waals surface area (Å²) in [7, 11) is 3.57. The van der Waals surface area contributed by atoms with Gasteiger partial charge in [0, 0.05) is 50.7 Å². The van der Waals surface area contributed by atoms with E-state index >= 15 is 0 Å². The third-order valence-corrected chi connectivity index (χ3v) is 4.62. The normalized spacial score (nSPS) is 17.1. The summed E-state index contributed by atoms with van der Waals surface area (Å²) in [5, 5.41) is 6.31. The van der Waals surface area contributed by atoms with Crippen molar-refractivity contribution in [1.29, 1.82) is 0 Å². The van der Waals surface area contributed by atoms with Crippen LogP contribution < -0.4 is 10.6 Å². The number of nitrogens with one attached hydrogen (secondary N) is 2. The van der Waals surface area contributed by atoms with E-state index in [2.05, 4.69) is 32.7 Å². The standard InChI is InChI=1S/C19H25N5O/c1-20-19-22-10-14(11-23-19)13-24(2)18(25)16-7-5-15(6-8-16)17-4-3-9-21-12-17/h5-8,10-11,17,21H,3-4,9,12-13H2,1-2H3,(H,20,22,23). The van der Waals surface area contributed by atoms with Crippen LogP contribution in [0.3, 0.4) is 0 Å². The maximum atomic E-state index is 12.6. The number of amides is 1. The molecule has 0 saturated carbocycles. The Labute approximate surface area is 148 Å². The van der Waals surface area contributed by atoms with Crippen LogP contribution in [-0.4, -0.2) is 48.0 Å². The molecule has 1 aliphatic rings. The number of hydrogen-bond donors (Lipinski definition) is 2. The fraction of sp³-hybridized carbons (Fsp3) is 0.421. The molecule has 3 rings (SSSR count). The zero-order valence-corrected chi connectivity index (χ0v) is 14.8. The molecule has 1 saturated heterocycles. The smallest absolute Gasteiger partial charge is 0.253 e. The Morgan fingerprint density at radius 2 is 2.00 bits per heavy atom. The van der Waals surface area contributed by atoms with E-state index in [1.165, 1.54) is 18.4 Å². The van der Waals surface area contributed by atoms with Gasteiger partial charge in [0.15, 0.2) is 0 Å². The van der Waals surface area contributed by atoms with Crippen LogP contribution in [0.15, 0.2) is 36.7 Å². The van der Waals surface area contributed by atoms with Crippen molar-refractivity contribution in [1.82, 2.24) is 20.2 Å². The lowest BCUT2D eigenvalue weighted by Crippen LogP contribution is -2.28. The van der Waals surface area contributed by atoms with E-state index < -0.39 is 0 Å². The number of benzene rings is 1. The number of piperidine rings is 1. The van der Waals surface area contributed by atoms with Crippen LogP contribution in [0.1, 0.15) is 40.2 Å². The number of nitrogens with zero attached hydrogens (tertiary/aromatic N) is 3. The SMILES string of the molecule is CNc1ncc(CN(C)C(=O)c2ccc(C3CCCNC3)cc2)cn1. The largest absolute Gasteiger partial charge is 0.357 e. The van der Waals surface area contributed by atoms with E-state index in [1.807, 2.05) is 12.1 Å². The van der Waals surface area contributed by atoms with Gasteiger partial charge in [0.05, 0.1) is 0 Å². The Morgan fingerprint density at radius 3 is 2.60 bits per heavy atom. The molecule has 0 bridgehead atoms. The van der Waals surface area contributed by atoms with Crippen LogP contribution in [-0.2, 0) is 6.54 Å². The molecular formula is C19H25N5O. The highest BCUT2D eigenvalue weighted by Gasteiger charge is 2.17. The lowest BCUT2D eigenvalue weighted by atomic mass is 9.91. The molecule has 1 aromatic heterocycles. The van der Waals surface area contributed by atoms with Crippen LogP contribution in [0.25, 0.3) is 0 Å². The average Bonchev–Trinajstić information content (AvgIpc) is 2.69. The monoisotopic (exact) mass is 339 g/mol. The summed E-state index contributed by atoms with van der Waals surface area (Å²) in [6, 6.07) is 8.04. The van der Waals surface area contributed by atoms with Gasteiger partial charge in [-0.2, -0.15) is 0 Å². The highest BCUT2D eigenvalue weighted by atomic mass is 16.2. The maximum absolute atomic E-state index is 12.6. The van der Waals surface area contributed by atoms with Crippen molar-refractivity contribution in [3.05, 3.63) is 53.3 Å². The Morgan fingerprint density at radius 1 is 1.28 bits per heavy atom. The summed E-state index contributed by atoms with van der Waals surface area (Å²) >= 11 is 0. The van der Waals surface area contributed by atoms with E-state index in [9.17, 15) is 4.79 Å². The molecule has 0 spiro atoms. The molecule has 1 atom stereocenters. The van der Waals surface area contributed by atoms with Gasteiger partial charge in [-0.1, -0.05) is 12.1 Å². The fourth-order valence-electron chi connectivity index (χ4n) is 3.17. The third kappa shape index (κ3) is 4.33. The molecule has 1 amide bonds.